The Morgan fingerprint density at radius 2 is 1.79 bits per heavy atom. The van der Waals surface area contributed by atoms with Gasteiger partial charge < -0.3 is 20.7 Å². The van der Waals surface area contributed by atoms with Crippen LogP contribution in [-0.2, 0) is 13.1 Å². The molecule has 2 aliphatic heterocycles. The van der Waals surface area contributed by atoms with E-state index in [4.69, 9.17) is 10.5 Å². The summed E-state index contributed by atoms with van der Waals surface area (Å²) in [6.07, 6.45) is 0.883. The second-order valence-corrected chi connectivity index (χ2v) is 7.97. The SMILES string of the molecule is CN1CCN(Cc2ccc(CN=C(N)NC3CCOc4ccccc43)cc2)CC1. The highest BCUT2D eigenvalue weighted by Gasteiger charge is 2.21. The Balaban J connectivity index is 1.30. The monoisotopic (exact) mass is 393 g/mol. The number of likely N-dealkylation sites (N-methyl/N-ethyl adjacent to an activating group) is 1. The zero-order valence-electron chi connectivity index (χ0n) is 17.2. The van der Waals surface area contributed by atoms with Crippen molar-refractivity contribution in [2.24, 2.45) is 10.7 Å². The number of nitrogens with one attached hydrogen (secondary N) is 1. The molecule has 0 amide bonds. The predicted molar refractivity (Wildman–Crippen MR) is 117 cm³/mol. The van der Waals surface area contributed by atoms with Crippen molar-refractivity contribution >= 4 is 5.96 Å². The van der Waals surface area contributed by atoms with E-state index in [1.54, 1.807) is 0 Å². The molecule has 4 rings (SSSR count). The fraction of sp³-hybridized carbons (Fsp3) is 0.435. The van der Waals surface area contributed by atoms with E-state index in [0.717, 1.165) is 50.5 Å². The lowest BCUT2D eigenvalue weighted by atomic mass is 10.0. The third-order valence-corrected chi connectivity index (χ3v) is 5.74. The first kappa shape index (κ1) is 19.7. The number of fused-ring (bicyclic) bond motifs is 1. The minimum atomic E-state index is 0.148. The van der Waals surface area contributed by atoms with Gasteiger partial charge in [0.05, 0.1) is 19.2 Å². The number of hydrogen-bond donors (Lipinski definition) is 2. The molecule has 3 N–H and O–H groups in total. The van der Waals surface area contributed by atoms with E-state index in [0.29, 0.717) is 19.1 Å². The van der Waals surface area contributed by atoms with Gasteiger partial charge in [-0.05, 0) is 24.2 Å². The van der Waals surface area contributed by atoms with E-state index in [9.17, 15) is 0 Å². The van der Waals surface area contributed by atoms with Crippen LogP contribution in [0.2, 0.25) is 0 Å². The number of aliphatic imine (C=N–C) groups is 1. The number of ether oxygens (including phenoxy) is 1. The maximum atomic E-state index is 6.16. The summed E-state index contributed by atoms with van der Waals surface area (Å²) >= 11 is 0. The first-order chi connectivity index (χ1) is 14.2. The highest BCUT2D eigenvalue weighted by atomic mass is 16.5. The molecule has 1 unspecified atom stereocenters. The summed E-state index contributed by atoms with van der Waals surface area (Å²) in [5.74, 6) is 1.41. The zero-order valence-corrected chi connectivity index (χ0v) is 17.2. The molecule has 29 heavy (non-hydrogen) atoms. The Morgan fingerprint density at radius 3 is 2.59 bits per heavy atom. The standard InChI is InChI=1S/C23H31N5O/c1-27-11-13-28(14-12-27)17-19-8-6-18(7-9-19)16-25-23(24)26-21-10-15-29-22-5-3-2-4-20(21)22/h2-9,21H,10-17H2,1H3,(H3,24,25,26). The topological polar surface area (TPSA) is 66.1 Å². The minimum absolute atomic E-state index is 0.148. The number of hydrogen-bond acceptors (Lipinski definition) is 4. The smallest absolute Gasteiger partial charge is 0.189 e. The predicted octanol–water partition coefficient (Wildman–Crippen LogP) is 2.36. The lowest BCUT2D eigenvalue weighted by molar-refractivity contribution is 0.148. The van der Waals surface area contributed by atoms with Crippen molar-refractivity contribution in [1.82, 2.24) is 15.1 Å². The van der Waals surface area contributed by atoms with Gasteiger partial charge in [0.25, 0.3) is 0 Å². The highest BCUT2D eigenvalue weighted by Crippen LogP contribution is 2.31. The molecule has 2 aromatic rings. The number of para-hydroxylation sites is 1. The minimum Gasteiger partial charge on any atom is -0.493 e. The van der Waals surface area contributed by atoms with Crippen LogP contribution < -0.4 is 15.8 Å². The van der Waals surface area contributed by atoms with Crippen LogP contribution in [0, 0.1) is 0 Å². The molecule has 0 saturated carbocycles. The Hall–Kier alpha value is -2.57. The Kier molecular flexibility index (Phi) is 6.32. The van der Waals surface area contributed by atoms with E-state index >= 15 is 0 Å². The molecule has 6 nitrogen and oxygen atoms in total. The van der Waals surface area contributed by atoms with E-state index in [-0.39, 0.29) is 6.04 Å². The zero-order chi connectivity index (χ0) is 20.1. The molecular formula is C23H31N5O. The quantitative estimate of drug-likeness (QED) is 0.603. The molecule has 0 bridgehead atoms. The number of benzene rings is 2. The Morgan fingerprint density at radius 1 is 1.07 bits per heavy atom. The maximum absolute atomic E-state index is 6.16. The molecule has 2 aromatic carbocycles. The molecule has 0 aromatic heterocycles. The third kappa shape index (κ3) is 5.28. The number of nitrogens with two attached hydrogens (primary N) is 1. The Bertz CT molecular complexity index is 827. The lowest BCUT2D eigenvalue weighted by Gasteiger charge is -2.32. The molecule has 154 valence electrons. The summed E-state index contributed by atoms with van der Waals surface area (Å²) in [6.45, 7) is 6.87. The average Bonchev–Trinajstić information content (AvgIpc) is 2.75. The van der Waals surface area contributed by atoms with Crippen LogP contribution in [0.4, 0.5) is 0 Å². The lowest BCUT2D eigenvalue weighted by Crippen LogP contribution is -2.43. The van der Waals surface area contributed by atoms with Crippen molar-refractivity contribution in [3.8, 4) is 5.75 Å². The van der Waals surface area contributed by atoms with Crippen LogP contribution in [0.5, 0.6) is 5.75 Å². The molecule has 6 heteroatoms. The number of piperazine rings is 1. The van der Waals surface area contributed by atoms with Crippen molar-refractivity contribution in [3.05, 3.63) is 65.2 Å². The summed E-state index contributed by atoms with van der Waals surface area (Å²) in [6, 6.07) is 17.0. The maximum Gasteiger partial charge on any atom is 0.189 e. The van der Waals surface area contributed by atoms with Crippen LogP contribution in [0.3, 0.4) is 0 Å². The van der Waals surface area contributed by atoms with Crippen LogP contribution >= 0.6 is 0 Å². The van der Waals surface area contributed by atoms with Gasteiger partial charge in [0.15, 0.2) is 5.96 Å². The van der Waals surface area contributed by atoms with Crippen molar-refractivity contribution in [3.63, 3.8) is 0 Å². The van der Waals surface area contributed by atoms with Crippen molar-refractivity contribution in [2.75, 3.05) is 39.8 Å². The molecule has 1 atom stereocenters. The van der Waals surface area contributed by atoms with Gasteiger partial charge in [-0.1, -0.05) is 42.5 Å². The van der Waals surface area contributed by atoms with Gasteiger partial charge in [-0.25, -0.2) is 4.99 Å². The largest absolute Gasteiger partial charge is 0.493 e. The second kappa shape index (κ2) is 9.29. The molecule has 2 heterocycles. The number of guanidine groups is 1. The van der Waals surface area contributed by atoms with Gasteiger partial charge in [0.1, 0.15) is 5.75 Å². The first-order valence-electron chi connectivity index (χ1n) is 10.4. The Labute approximate surface area is 173 Å². The van der Waals surface area contributed by atoms with Crippen molar-refractivity contribution in [2.45, 2.75) is 25.6 Å². The van der Waals surface area contributed by atoms with Gasteiger partial charge in [-0.2, -0.15) is 0 Å². The molecule has 2 aliphatic rings. The van der Waals surface area contributed by atoms with Gasteiger partial charge >= 0.3 is 0 Å². The normalized spacial score (nSPS) is 20.7. The van der Waals surface area contributed by atoms with Crippen LogP contribution in [-0.4, -0.2) is 55.6 Å². The van der Waals surface area contributed by atoms with Gasteiger partial charge in [-0.15, -0.1) is 0 Å². The van der Waals surface area contributed by atoms with E-state index in [1.807, 2.05) is 18.2 Å². The average molecular weight is 394 g/mol. The molecular weight excluding hydrogens is 362 g/mol. The third-order valence-electron chi connectivity index (χ3n) is 5.74. The van der Waals surface area contributed by atoms with Crippen LogP contribution in [0.25, 0.3) is 0 Å². The van der Waals surface area contributed by atoms with E-state index < -0.39 is 0 Å². The van der Waals surface area contributed by atoms with Crippen molar-refractivity contribution in [1.29, 1.82) is 0 Å². The molecule has 1 saturated heterocycles. The van der Waals surface area contributed by atoms with Gasteiger partial charge in [-0.3, -0.25) is 4.90 Å². The molecule has 1 fully saturated rings. The summed E-state index contributed by atoms with van der Waals surface area (Å²) in [4.78, 5) is 9.44. The summed E-state index contributed by atoms with van der Waals surface area (Å²) in [7, 11) is 2.19. The number of rotatable bonds is 5. The number of nitrogens with zero attached hydrogens (tertiary/aromatic N) is 3. The second-order valence-electron chi connectivity index (χ2n) is 7.97. The molecule has 0 radical (unpaired) electrons. The highest BCUT2D eigenvalue weighted by molar-refractivity contribution is 5.78. The van der Waals surface area contributed by atoms with Crippen LogP contribution in [0.1, 0.15) is 29.2 Å². The first-order valence-corrected chi connectivity index (χ1v) is 10.4. The molecule has 0 aliphatic carbocycles. The van der Waals surface area contributed by atoms with Gasteiger partial charge in [0.2, 0.25) is 0 Å². The summed E-state index contributed by atoms with van der Waals surface area (Å²) < 4.78 is 5.71. The fourth-order valence-corrected chi connectivity index (χ4v) is 3.91. The van der Waals surface area contributed by atoms with E-state index in [2.05, 4.69) is 57.5 Å². The van der Waals surface area contributed by atoms with E-state index in [1.165, 1.54) is 11.1 Å². The molecule has 0 spiro atoms. The fourth-order valence-electron chi connectivity index (χ4n) is 3.91. The van der Waals surface area contributed by atoms with Crippen molar-refractivity contribution < 1.29 is 4.74 Å². The van der Waals surface area contributed by atoms with Gasteiger partial charge in [0, 0.05) is 44.7 Å². The van der Waals surface area contributed by atoms with Crippen LogP contribution in [0.15, 0.2) is 53.5 Å². The summed E-state index contributed by atoms with van der Waals surface area (Å²) in [5.41, 5.74) is 9.83. The summed E-state index contributed by atoms with van der Waals surface area (Å²) in [5, 5.41) is 3.35.